The number of hydrogen-bond acceptors (Lipinski definition) is 3. The van der Waals surface area contributed by atoms with Crippen LogP contribution in [0.3, 0.4) is 0 Å². The number of aryl methyl sites for hydroxylation is 2. The second kappa shape index (κ2) is 4.53. The zero-order chi connectivity index (χ0) is 13.4. The zero-order valence-electron chi connectivity index (χ0n) is 11.1. The number of methoxy groups -OCH3 is 1. The van der Waals surface area contributed by atoms with Gasteiger partial charge in [0.15, 0.2) is 0 Å². The summed E-state index contributed by atoms with van der Waals surface area (Å²) < 4.78 is 5.17. The van der Waals surface area contributed by atoms with Crippen LogP contribution in [0.2, 0.25) is 0 Å². The summed E-state index contributed by atoms with van der Waals surface area (Å²) >= 11 is 0. The minimum Gasteiger partial charge on any atom is -0.380 e. The molecule has 0 radical (unpaired) electrons. The number of carbonyl (C=O) groups is 2. The molecule has 1 aromatic carbocycles. The summed E-state index contributed by atoms with van der Waals surface area (Å²) in [7, 11) is 1.59. The van der Waals surface area contributed by atoms with Gasteiger partial charge in [0.05, 0.1) is 23.9 Å². The molecule has 1 amide bonds. The van der Waals surface area contributed by atoms with Gasteiger partial charge in [-0.2, -0.15) is 0 Å². The SMILES string of the molecule is COC(C)CN1C(=O)C(=O)c2cc(C)cc(C)c21. The Bertz CT molecular complexity index is 522. The number of anilines is 1. The van der Waals surface area contributed by atoms with Gasteiger partial charge in [-0.3, -0.25) is 9.59 Å². The van der Waals surface area contributed by atoms with Crippen molar-refractivity contribution in [3.63, 3.8) is 0 Å². The van der Waals surface area contributed by atoms with Crippen LogP contribution in [0.25, 0.3) is 0 Å². The van der Waals surface area contributed by atoms with Gasteiger partial charge in [-0.1, -0.05) is 6.07 Å². The van der Waals surface area contributed by atoms with Crippen molar-refractivity contribution < 1.29 is 14.3 Å². The number of carbonyl (C=O) groups excluding carboxylic acids is 2. The number of ether oxygens (including phenoxy) is 1. The zero-order valence-corrected chi connectivity index (χ0v) is 11.1. The third kappa shape index (κ3) is 1.93. The minimum atomic E-state index is -0.456. The van der Waals surface area contributed by atoms with Crippen molar-refractivity contribution in [2.45, 2.75) is 26.9 Å². The molecule has 4 nitrogen and oxygen atoms in total. The fraction of sp³-hybridized carbons (Fsp3) is 0.429. The summed E-state index contributed by atoms with van der Waals surface area (Å²) in [5.41, 5.74) is 3.20. The largest absolute Gasteiger partial charge is 0.380 e. The van der Waals surface area contributed by atoms with Crippen LogP contribution in [0.4, 0.5) is 5.69 Å². The number of Topliss-reactive ketones (excluding diaryl/α,β-unsaturated/α-hetero) is 1. The molecule has 96 valence electrons. The lowest BCUT2D eigenvalue weighted by Crippen LogP contribution is -2.36. The summed E-state index contributed by atoms with van der Waals surface area (Å²) in [6, 6.07) is 3.76. The first kappa shape index (κ1) is 12.8. The van der Waals surface area contributed by atoms with Gasteiger partial charge < -0.3 is 9.64 Å². The third-order valence-electron chi connectivity index (χ3n) is 3.24. The van der Waals surface area contributed by atoms with E-state index in [2.05, 4.69) is 0 Å². The molecule has 2 rings (SSSR count). The normalized spacial score (nSPS) is 16.1. The minimum absolute atomic E-state index is 0.103. The van der Waals surface area contributed by atoms with Gasteiger partial charge in [0, 0.05) is 7.11 Å². The number of benzene rings is 1. The molecule has 0 fully saturated rings. The Morgan fingerprint density at radius 3 is 2.56 bits per heavy atom. The molecule has 0 aromatic heterocycles. The number of nitrogens with zero attached hydrogens (tertiary/aromatic N) is 1. The molecule has 0 spiro atoms. The molecule has 4 heteroatoms. The lowest BCUT2D eigenvalue weighted by molar-refractivity contribution is -0.114. The van der Waals surface area contributed by atoms with Crippen molar-refractivity contribution in [3.8, 4) is 0 Å². The smallest absolute Gasteiger partial charge is 0.299 e. The van der Waals surface area contributed by atoms with E-state index in [0.717, 1.165) is 16.8 Å². The second-order valence-electron chi connectivity index (χ2n) is 4.77. The number of ketones is 1. The van der Waals surface area contributed by atoms with Crippen molar-refractivity contribution >= 4 is 17.4 Å². The average molecular weight is 247 g/mol. The van der Waals surface area contributed by atoms with E-state index in [1.54, 1.807) is 13.2 Å². The Morgan fingerprint density at radius 1 is 1.28 bits per heavy atom. The summed E-state index contributed by atoms with van der Waals surface area (Å²) in [6.45, 7) is 6.12. The van der Waals surface area contributed by atoms with E-state index in [4.69, 9.17) is 4.74 Å². The van der Waals surface area contributed by atoms with E-state index < -0.39 is 11.7 Å². The van der Waals surface area contributed by atoms with Crippen molar-refractivity contribution in [1.82, 2.24) is 0 Å². The number of rotatable bonds is 3. The van der Waals surface area contributed by atoms with Crippen molar-refractivity contribution in [2.75, 3.05) is 18.6 Å². The first-order chi connectivity index (χ1) is 8.45. The predicted molar refractivity (Wildman–Crippen MR) is 69.1 cm³/mol. The van der Waals surface area contributed by atoms with Gasteiger partial charge in [0.25, 0.3) is 11.7 Å². The maximum atomic E-state index is 12.0. The van der Waals surface area contributed by atoms with E-state index in [9.17, 15) is 9.59 Å². The van der Waals surface area contributed by atoms with Gasteiger partial charge in [0.2, 0.25) is 0 Å². The molecule has 18 heavy (non-hydrogen) atoms. The average Bonchev–Trinajstić information content (AvgIpc) is 2.54. The second-order valence-corrected chi connectivity index (χ2v) is 4.77. The fourth-order valence-electron chi connectivity index (χ4n) is 2.34. The molecule has 1 atom stereocenters. The van der Waals surface area contributed by atoms with Crippen LogP contribution in [-0.4, -0.2) is 31.4 Å². The van der Waals surface area contributed by atoms with E-state index in [1.165, 1.54) is 4.90 Å². The predicted octanol–water partition coefficient (Wildman–Crippen LogP) is 1.87. The standard InChI is InChI=1S/C14H17NO3/c1-8-5-9(2)12-11(6-8)13(16)14(17)15(12)7-10(3)18-4/h5-6,10H,7H2,1-4H3. The van der Waals surface area contributed by atoms with E-state index in [0.29, 0.717) is 12.1 Å². The van der Waals surface area contributed by atoms with Crippen LogP contribution in [0.1, 0.15) is 28.4 Å². The van der Waals surface area contributed by atoms with Gasteiger partial charge in [-0.05, 0) is 38.0 Å². The molecule has 0 saturated carbocycles. The summed E-state index contributed by atoms with van der Waals surface area (Å²) in [6.07, 6.45) is -0.103. The number of hydrogen-bond donors (Lipinski definition) is 0. The maximum absolute atomic E-state index is 12.0. The number of fused-ring (bicyclic) bond motifs is 1. The highest BCUT2D eigenvalue weighted by Gasteiger charge is 2.37. The molecule has 0 saturated heterocycles. The summed E-state index contributed by atoms with van der Waals surface area (Å²) in [5.74, 6) is -0.872. The monoisotopic (exact) mass is 247 g/mol. The highest BCUT2D eigenvalue weighted by molar-refractivity contribution is 6.52. The third-order valence-corrected chi connectivity index (χ3v) is 3.24. The summed E-state index contributed by atoms with van der Waals surface area (Å²) in [5, 5.41) is 0. The molecule has 1 heterocycles. The molecule has 1 aliphatic heterocycles. The quantitative estimate of drug-likeness (QED) is 0.766. The molecule has 0 aliphatic carbocycles. The molecule has 1 unspecified atom stereocenters. The Labute approximate surface area is 107 Å². The van der Waals surface area contributed by atoms with Crippen molar-refractivity contribution in [2.24, 2.45) is 0 Å². The first-order valence-electron chi connectivity index (χ1n) is 5.96. The Morgan fingerprint density at radius 2 is 1.94 bits per heavy atom. The molecule has 0 bridgehead atoms. The van der Waals surface area contributed by atoms with Crippen molar-refractivity contribution in [1.29, 1.82) is 0 Å². The van der Waals surface area contributed by atoms with Crippen LogP contribution >= 0.6 is 0 Å². The molecular weight excluding hydrogens is 230 g/mol. The highest BCUT2D eigenvalue weighted by Crippen LogP contribution is 2.33. The van der Waals surface area contributed by atoms with Gasteiger partial charge in [-0.15, -0.1) is 0 Å². The van der Waals surface area contributed by atoms with Gasteiger partial charge >= 0.3 is 0 Å². The summed E-state index contributed by atoms with van der Waals surface area (Å²) in [4.78, 5) is 25.5. The Hall–Kier alpha value is -1.68. The topological polar surface area (TPSA) is 46.6 Å². The van der Waals surface area contributed by atoms with E-state index in [1.807, 2.05) is 26.8 Å². The number of amides is 1. The first-order valence-corrected chi connectivity index (χ1v) is 5.96. The fourth-order valence-corrected chi connectivity index (χ4v) is 2.34. The molecule has 1 aliphatic rings. The lowest BCUT2D eigenvalue weighted by Gasteiger charge is -2.21. The molecule has 1 aromatic rings. The van der Waals surface area contributed by atoms with Crippen LogP contribution < -0.4 is 4.90 Å². The van der Waals surface area contributed by atoms with Crippen LogP contribution in [0.15, 0.2) is 12.1 Å². The van der Waals surface area contributed by atoms with Crippen LogP contribution in [0, 0.1) is 13.8 Å². The Kier molecular flexibility index (Phi) is 3.22. The maximum Gasteiger partial charge on any atom is 0.299 e. The van der Waals surface area contributed by atoms with Gasteiger partial charge in [0.1, 0.15) is 0 Å². The van der Waals surface area contributed by atoms with Gasteiger partial charge in [-0.25, -0.2) is 0 Å². The molecule has 0 N–H and O–H groups in total. The van der Waals surface area contributed by atoms with Crippen LogP contribution in [0.5, 0.6) is 0 Å². The van der Waals surface area contributed by atoms with Crippen molar-refractivity contribution in [3.05, 3.63) is 28.8 Å². The Balaban J connectivity index is 2.48. The molecular formula is C14H17NO3. The highest BCUT2D eigenvalue weighted by atomic mass is 16.5. The van der Waals surface area contributed by atoms with Crippen LogP contribution in [-0.2, 0) is 9.53 Å². The van der Waals surface area contributed by atoms with E-state index >= 15 is 0 Å². The van der Waals surface area contributed by atoms with E-state index in [-0.39, 0.29) is 6.10 Å². The lowest BCUT2D eigenvalue weighted by atomic mass is 10.0.